The molecule has 0 N–H and O–H groups in total. The number of esters is 1. The molecule has 0 bridgehead atoms. The lowest BCUT2D eigenvalue weighted by Crippen LogP contribution is -2.31. The fourth-order valence-corrected chi connectivity index (χ4v) is 1.75. The van der Waals surface area contributed by atoms with Crippen LogP contribution in [0.2, 0.25) is 0 Å². The molecule has 0 aliphatic carbocycles. The second-order valence-corrected chi connectivity index (χ2v) is 4.86. The lowest BCUT2D eigenvalue weighted by atomic mass is 10.3. The lowest BCUT2D eigenvalue weighted by molar-refractivity contribution is -0.162. The van der Waals surface area contributed by atoms with Gasteiger partial charge in [-0.05, 0) is 38.1 Å². The van der Waals surface area contributed by atoms with E-state index in [2.05, 4.69) is 0 Å². The topological polar surface area (TPSA) is 44.8 Å². The zero-order valence-corrected chi connectivity index (χ0v) is 13.3. The second-order valence-electron chi connectivity index (χ2n) is 4.86. The van der Waals surface area contributed by atoms with Crippen molar-refractivity contribution in [3.8, 4) is 11.5 Å². The summed E-state index contributed by atoms with van der Waals surface area (Å²) in [6.45, 7) is 3.58. The molecule has 0 saturated carbocycles. The van der Waals surface area contributed by atoms with Crippen molar-refractivity contribution in [2.45, 2.75) is 20.1 Å². The number of benzene rings is 2. The maximum Gasteiger partial charge on any atom is 0.336 e. The molecule has 0 saturated heterocycles. The lowest BCUT2D eigenvalue weighted by Gasteiger charge is -2.20. The zero-order valence-electron chi connectivity index (χ0n) is 13.3. The van der Waals surface area contributed by atoms with Crippen molar-refractivity contribution < 1.29 is 19.0 Å². The first kappa shape index (κ1) is 16.6. The Kier molecular flexibility index (Phi) is 6.24. The largest absolute Gasteiger partial charge is 0.486 e. The number of carbonyl (C=O) groups is 1. The molecule has 0 spiro atoms. The summed E-state index contributed by atoms with van der Waals surface area (Å²) in [6, 6.07) is 18.5. The normalized spacial score (nSPS) is 12.3. The van der Waals surface area contributed by atoms with Gasteiger partial charge in [0, 0.05) is 5.57 Å². The highest BCUT2D eigenvalue weighted by atomic mass is 16.7. The van der Waals surface area contributed by atoms with Crippen LogP contribution >= 0.6 is 0 Å². The molecule has 1 atom stereocenters. The summed E-state index contributed by atoms with van der Waals surface area (Å²) >= 11 is 0. The van der Waals surface area contributed by atoms with Crippen LogP contribution in [0.25, 0.3) is 0 Å². The third kappa shape index (κ3) is 5.51. The van der Waals surface area contributed by atoms with Gasteiger partial charge in [0.25, 0.3) is 6.29 Å². The molecule has 2 aromatic carbocycles. The van der Waals surface area contributed by atoms with Crippen molar-refractivity contribution in [1.82, 2.24) is 0 Å². The van der Waals surface area contributed by atoms with E-state index < -0.39 is 12.3 Å². The van der Waals surface area contributed by atoms with Crippen molar-refractivity contribution in [2.24, 2.45) is 0 Å². The van der Waals surface area contributed by atoms with Gasteiger partial charge in [0.2, 0.25) is 0 Å². The van der Waals surface area contributed by atoms with Crippen molar-refractivity contribution in [3.63, 3.8) is 0 Å². The summed E-state index contributed by atoms with van der Waals surface area (Å²) in [5.41, 5.74) is 0.520. The van der Waals surface area contributed by atoms with Crippen molar-refractivity contribution in [2.75, 3.05) is 6.61 Å². The van der Waals surface area contributed by atoms with E-state index in [-0.39, 0.29) is 6.61 Å². The Labute approximate surface area is 136 Å². The Balaban J connectivity index is 2.02. The number of para-hydroxylation sites is 2. The van der Waals surface area contributed by atoms with Crippen LogP contribution in [0.3, 0.4) is 0 Å². The number of rotatable bonds is 7. The van der Waals surface area contributed by atoms with E-state index in [1.807, 2.05) is 48.5 Å². The summed E-state index contributed by atoms with van der Waals surface area (Å²) in [4.78, 5) is 12.0. The van der Waals surface area contributed by atoms with Gasteiger partial charge < -0.3 is 14.2 Å². The molecule has 0 aromatic heterocycles. The van der Waals surface area contributed by atoms with Gasteiger partial charge in [-0.3, -0.25) is 0 Å². The summed E-state index contributed by atoms with van der Waals surface area (Å²) < 4.78 is 16.7. The quantitative estimate of drug-likeness (QED) is 0.441. The van der Waals surface area contributed by atoms with E-state index in [1.54, 1.807) is 32.1 Å². The van der Waals surface area contributed by atoms with Crippen LogP contribution < -0.4 is 9.47 Å². The Morgan fingerprint density at radius 2 is 1.57 bits per heavy atom. The monoisotopic (exact) mass is 312 g/mol. The molecule has 0 radical (unpaired) electrons. The average Bonchev–Trinajstić information content (AvgIpc) is 2.60. The third-order valence-electron chi connectivity index (χ3n) is 3.13. The maximum atomic E-state index is 12.0. The highest BCUT2D eigenvalue weighted by Gasteiger charge is 2.18. The molecule has 0 aliphatic heterocycles. The molecule has 23 heavy (non-hydrogen) atoms. The summed E-state index contributed by atoms with van der Waals surface area (Å²) in [7, 11) is 0. The molecule has 4 heteroatoms. The van der Waals surface area contributed by atoms with Gasteiger partial charge in [0.15, 0.2) is 6.61 Å². The first-order valence-electron chi connectivity index (χ1n) is 7.42. The van der Waals surface area contributed by atoms with Crippen LogP contribution in [0, 0.1) is 0 Å². The molecular formula is C19H20O4. The number of ether oxygens (including phenoxy) is 3. The van der Waals surface area contributed by atoms with E-state index in [4.69, 9.17) is 14.2 Å². The summed E-state index contributed by atoms with van der Waals surface area (Å²) in [5, 5.41) is 0. The minimum absolute atomic E-state index is 0.0989. The second kappa shape index (κ2) is 8.63. The predicted molar refractivity (Wildman–Crippen MR) is 88.3 cm³/mol. The molecule has 4 nitrogen and oxygen atoms in total. The highest BCUT2D eigenvalue weighted by Crippen LogP contribution is 2.15. The van der Waals surface area contributed by atoms with Crippen LogP contribution in [-0.2, 0) is 9.53 Å². The van der Waals surface area contributed by atoms with E-state index >= 15 is 0 Å². The number of allylic oxidation sites excluding steroid dienone is 1. The van der Waals surface area contributed by atoms with E-state index in [0.717, 1.165) is 0 Å². The first-order chi connectivity index (χ1) is 11.2. The Morgan fingerprint density at radius 1 is 1.00 bits per heavy atom. The van der Waals surface area contributed by atoms with Gasteiger partial charge in [0.05, 0.1) is 0 Å². The maximum absolute atomic E-state index is 12.0. The summed E-state index contributed by atoms with van der Waals surface area (Å²) in [5.74, 6) is 0.873. The van der Waals surface area contributed by atoms with E-state index in [1.165, 1.54) is 0 Å². The standard InChI is InChI=1S/C19H20O4/c1-3-15(2)19(20)23-18(22-17-12-8-5-9-13-17)14-21-16-10-6-4-7-11-16/h3-13,18H,14H2,1-2H3. The van der Waals surface area contributed by atoms with Gasteiger partial charge in [-0.2, -0.15) is 0 Å². The smallest absolute Gasteiger partial charge is 0.336 e. The van der Waals surface area contributed by atoms with Crippen LogP contribution in [-0.4, -0.2) is 18.9 Å². The molecular weight excluding hydrogens is 292 g/mol. The number of carbonyl (C=O) groups excluding carboxylic acids is 1. The van der Waals surface area contributed by atoms with Crippen molar-refractivity contribution in [3.05, 3.63) is 72.3 Å². The number of hydrogen-bond acceptors (Lipinski definition) is 4. The minimum Gasteiger partial charge on any atom is -0.486 e. The van der Waals surface area contributed by atoms with Gasteiger partial charge in [-0.1, -0.05) is 42.5 Å². The minimum atomic E-state index is -0.833. The van der Waals surface area contributed by atoms with Crippen LogP contribution in [0.15, 0.2) is 72.3 Å². The first-order valence-corrected chi connectivity index (χ1v) is 7.42. The Morgan fingerprint density at radius 3 is 2.13 bits per heavy atom. The van der Waals surface area contributed by atoms with Gasteiger partial charge in [0.1, 0.15) is 11.5 Å². The van der Waals surface area contributed by atoms with E-state index in [0.29, 0.717) is 17.1 Å². The van der Waals surface area contributed by atoms with Crippen LogP contribution in [0.4, 0.5) is 0 Å². The fourth-order valence-electron chi connectivity index (χ4n) is 1.75. The molecule has 0 fully saturated rings. The molecule has 0 heterocycles. The molecule has 120 valence electrons. The van der Waals surface area contributed by atoms with Gasteiger partial charge >= 0.3 is 5.97 Å². The molecule has 1 unspecified atom stereocenters. The van der Waals surface area contributed by atoms with Crippen LogP contribution in [0.1, 0.15) is 13.8 Å². The Hall–Kier alpha value is -2.75. The highest BCUT2D eigenvalue weighted by molar-refractivity contribution is 5.87. The molecule has 2 aromatic rings. The third-order valence-corrected chi connectivity index (χ3v) is 3.13. The van der Waals surface area contributed by atoms with Crippen LogP contribution in [0.5, 0.6) is 11.5 Å². The fraction of sp³-hybridized carbons (Fsp3) is 0.211. The SMILES string of the molecule is CC=C(C)C(=O)OC(COc1ccccc1)Oc1ccccc1. The molecule has 2 rings (SSSR count). The predicted octanol–water partition coefficient (Wildman–Crippen LogP) is 3.98. The molecule has 0 aliphatic rings. The van der Waals surface area contributed by atoms with Gasteiger partial charge in [-0.25, -0.2) is 4.79 Å². The van der Waals surface area contributed by atoms with Gasteiger partial charge in [-0.15, -0.1) is 0 Å². The zero-order chi connectivity index (χ0) is 16.5. The van der Waals surface area contributed by atoms with E-state index in [9.17, 15) is 4.79 Å². The van der Waals surface area contributed by atoms with Crippen molar-refractivity contribution >= 4 is 5.97 Å². The average molecular weight is 312 g/mol. The summed E-state index contributed by atoms with van der Waals surface area (Å²) in [6.07, 6.45) is 0.861. The van der Waals surface area contributed by atoms with Crippen molar-refractivity contribution in [1.29, 1.82) is 0 Å². The Bertz CT molecular complexity index is 635. The number of hydrogen-bond donors (Lipinski definition) is 0. The molecule has 0 amide bonds.